The zero-order valence-corrected chi connectivity index (χ0v) is 12.4. The second-order valence-corrected chi connectivity index (χ2v) is 4.79. The molecule has 0 radical (unpaired) electrons. The minimum atomic E-state index is -0.315. The predicted molar refractivity (Wildman–Crippen MR) is 81.5 cm³/mol. The van der Waals surface area contributed by atoms with Gasteiger partial charge >= 0.3 is 0 Å². The van der Waals surface area contributed by atoms with Gasteiger partial charge in [-0.25, -0.2) is 4.39 Å². The first-order valence-electron chi connectivity index (χ1n) is 6.79. The lowest BCUT2D eigenvalue weighted by Crippen LogP contribution is -2.13. The third kappa shape index (κ3) is 3.40. The number of carbonyl (C=O) groups excluding carboxylic acids is 1. The number of hydrogen-bond donors (Lipinski definition) is 1. The van der Waals surface area contributed by atoms with Gasteiger partial charge in [-0.3, -0.25) is 4.79 Å². The monoisotopic (exact) mass is 287 g/mol. The Kier molecular flexibility index (Phi) is 4.58. The molecule has 1 N–H and O–H groups in total. The molecular weight excluding hydrogens is 269 g/mol. The molecule has 0 fully saturated rings. The minimum absolute atomic E-state index is 0.252. The second kappa shape index (κ2) is 6.39. The molecule has 0 saturated carbocycles. The van der Waals surface area contributed by atoms with Crippen LogP contribution in [-0.4, -0.2) is 13.0 Å². The predicted octanol–water partition coefficient (Wildman–Crippen LogP) is 3.96. The minimum Gasteiger partial charge on any atom is -0.497 e. The maximum atomic E-state index is 13.2. The van der Waals surface area contributed by atoms with Gasteiger partial charge in [0.25, 0.3) is 5.91 Å². The summed E-state index contributed by atoms with van der Waals surface area (Å²) in [4.78, 5) is 12.2. The molecule has 1 amide bonds. The standard InChI is InChI=1S/C17H18FNO2/c1-4-12-10-14(21-3)6-8-16(12)19-17(20)13-5-7-15(18)11(2)9-13/h5-10H,4H2,1-3H3,(H,19,20). The molecule has 0 unspecified atom stereocenters. The lowest BCUT2D eigenvalue weighted by atomic mass is 10.1. The van der Waals surface area contributed by atoms with Gasteiger partial charge in [-0.2, -0.15) is 0 Å². The molecule has 4 heteroatoms. The van der Waals surface area contributed by atoms with Gasteiger partial charge in [0.05, 0.1) is 7.11 Å². The van der Waals surface area contributed by atoms with Crippen LogP contribution in [0.5, 0.6) is 5.75 Å². The Labute approximate surface area is 123 Å². The zero-order valence-electron chi connectivity index (χ0n) is 12.4. The third-order valence-corrected chi connectivity index (χ3v) is 3.36. The fraction of sp³-hybridized carbons (Fsp3) is 0.235. The molecule has 0 saturated heterocycles. The highest BCUT2D eigenvalue weighted by Crippen LogP contribution is 2.23. The van der Waals surface area contributed by atoms with E-state index in [1.807, 2.05) is 19.1 Å². The lowest BCUT2D eigenvalue weighted by Gasteiger charge is -2.12. The van der Waals surface area contributed by atoms with E-state index in [0.29, 0.717) is 11.1 Å². The number of anilines is 1. The van der Waals surface area contributed by atoms with Gasteiger partial charge in [0.15, 0.2) is 0 Å². The summed E-state index contributed by atoms with van der Waals surface area (Å²) >= 11 is 0. The number of methoxy groups -OCH3 is 1. The fourth-order valence-electron chi connectivity index (χ4n) is 2.09. The number of benzene rings is 2. The van der Waals surface area contributed by atoms with E-state index in [1.165, 1.54) is 12.1 Å². The van der Waals surface area contributed by atoms with Crippen molar-refractivity contribution >= 4 is 11.6 Å². The fourth-order valence-corrected chi connectivity index (χ4v) is 2.09. The number of hydrogen-bond acceptors (Lipinski definition) is 2. The molecule has 0 aliphatic rings. The maximum Gasteiger partial charge on any atom is 0.255 e. The van der Waals surface area contributed by atoms with E-state index in [0.717, 1.165) is 23.4 Å². The molecule has 3 nitrogen and oxygen atoms in total. The zero-order chi connectivity index (χ0) is 15.4. The van der Waals surface area contributed by atoms with Gasteiger partial charge in [-0.1, -0.05) is 6.92 Å². The number of carbonyl (C=O) groups is 1. The van der Waals surface area contributed by atoms with E-state index in [9.17, 15) is 9.18 Å². The number of amides is 1. The summed E-state index contributed by atoms with van der Waals surface area (Å²) in [7, 11) is 1.61. The first kappa shape index (κ1) is 15.0. The van der Waals surface area contributed by atoms with Crippen molar-refractivity contribution in [2.24, 2.45) is 0 Å². The highest BCUT2D eigenvalue weighted by Gasteiger charge is 2.10. The van der Waals surface area contributed by atoms with Gasteiger partial charge in [0, 0.05) is 11.3 Å². The van der Waals surface area contributed by atoms with Crippen molar-refractivity contribution in [1.82, 2.24) is 0 Å². The summed E-state index contributed by atoms with van der Waals surface area (Å²) in [5.74, 6) is 0.186. The van der Waals surface area contributed by atoms with E-state index < -0.39 is 0 Å². The number of nitrogens with one attached hydrogen (secondary N) is 1. The Morgan fingerprint density at radius 2 is 2.00 bits per heavy atom. The molecule has 0 heterocycles. The molecule has 2 aromatic carbocycles. The van der Waals surface area contributed by atoms with Crippen molar-refractivity contribution in [3.8, 4) is 5.75 Å². The van der Waals surface area contributed by atoms with E-state index in [-0.39, 0.29) is 11.7 Å². The molecule has 0 bridgehead atoms. The SMILES string of the molecule is CCc1cc(OC)ccc1NC(=O)c1ccc(F)c(C)c1. The Balaban J connectivity index is 2.24. The van der Waals surface area contributed by atoms with Crippen molar-refractivity contribution in [3.63, 3.8) is 0 Å². The Morgan fingerprint density at radius 3 is 2.62 bits per heavy atom. The van der Waals surface area contributed by atoms with Crippen LogP contribution in [0.3, 0.4) is 0 Å². The van der Waals surface area contributed by atoms with Crippen LogP contribution >= 0.6 is 0 Å². The first-order valence-corrected chi connectivity index (χ1v) is 6.79. The molecule has 2 aromatic rings. The Bertz CT molecular complexity index is 668. The second-order valence-electron chi connectivity index (χ2n) is 4.79. The summed E-state index contributed by atoms with van der Waals surface area (Å²) in [6.07, 6.45) is 0.773. The molecule has 21 heavy (non-hydrogen) atoms. The van der Waals surface area contributed by atoms with E-state index >= 15 is 0 Å². The average Bonchev–Trinajstić information content (AvgIpc) is 2.50. The quantitative estimate of drug-likeness (QED) is 0.924. The van der Waals surface area contributed by atoms with Crippen molar-refractivity contribution < 1.29 is 13.9 Å². The number of rotatable bonds is 4. The van der Waals surface area contributed by atoms with Crippen molar-refractivity contribution in [3.05, 3.63) is 58.9 Å². The summed E-state index contributed by atoms with van der Waals surface area (Å²) in [5, 5.41) is 2.86. The Morgan fingerprint density at radius 1 is 1.24 bits per heavy atom. The van der Waals surface area contributed by atoms with Crippen LogP contribution in [0.25, 0.3) is 0 Å². The van der Waals surface area contributed by atoms with Crippen molar-refractivity contribution in [1.29, 1.82) is 0 Å². The van der Waals surface area contributed by atoms with Crippen LogP contribution in [-0.2, 0) is 6.42 Å². The molecule has 0 spiro atoms. The number of ether oxygens (including phenoxy) is 1. The first-order chi connectivity index (χ1) is 10.0. The Hall–Kier alpha value is -2.36. The highest BCUT2D eigenvalue weighted by atomic mass is 19.1. The van der Waals surface area contributed by atoms with Crippen LogP contribution in [0, 0.1) is 12.7 Å². The number of aryl methyl sites for hydroxylation is 2. The van der Waals surface area contributed by atoms with Crippen molar-refractivity contribution in [2.45, 2.75) is 20.3 Å². The van der Waals surface area contributed by atoms with Gasteiger partial charge in [-0.05, 0) is 60.9 Å². The molecule has 0 atom stereocenters. The van der Waals surface area contributed by atoms with Crippen LogP contribution in [0.4, 0.5) is 10.1 Å². The molecule has 2 rings (SSSR count). The van der Waals surface area contributed by atoms with E-state index in [1.54, 1.807) is 26.2 Å². The topological polar surface area (TPSA) is 38.3 Å². The van der Waals surface area contributed by atoms with Gasteiger partial charge < -0.3 is 10.1 Å². The summed E-state index contributed by atoms with van der Waals surface area (Å²) < 4.78 is 18.4. The molecular formula is C17H18FNO2. The normalized spacial score (nSPS) is 10.3. The smallest absolute Gasteiger partial charge is 0.255 e. The average molecular weight is 287 g/mol. The van der Waals surface area contributed by atoms with Crippen LogP contribution < -0.4 is 10.1 Å². The molecule has 0 aliphatic carbocycles. The highest BCUT2D eigenvalue weighted by molar-refractivity contribution is 6.04. The molecule has 0 aromatic heterocycles. The maximum absolute atomic E-state index is 13.2. The molecule has 0 aliphatic heterocycles. The molecule has 110 valence electrons. The van der Waals surface area contributed by atoms with E-state index in [2.05, 4.69) is 5.32 Å². The van der Waals surface area contributed by atoms with Gasteiger partial charge in [-0.15, -0.1) is 0 Å². The summed E-state index contributed by atoms with van der Waals surface area (Å²) in [5.41, 5.74) is 2.62. The third-order valence-electron chi connectivity index (χ3n) is 3.36. The van der Waals surface area contributed by atoms with Gasteiger partial charge in [0.2, 0.25) is 0 Å². The van der Waals surface area contributed by atoms with Crippen molar-refractivity contribution in [2.75, 3.05) is 12.4 Å². The van der Waals surface area contributed by atoms with Crippen LogP contribution in [0.15, 0.2) is 36.4 Å². The summed E-state index contributed by atoms with van der Waals surface area (Å²) in [6, 6.07) is 9.83. The number of halogens is 1. The van der Waals surface area contributed by atoms with Crippen LogP contribution in [0.2, 0.25) is 0 Å². The summed E-state index contributed by atoms with van der Waals surface area (Å²) in [6.45, 7) is 3.64. The lowest BCUT2D eigenvalue weighted by molar-refractivity contribution is 0.102. The van der Waals surface area contributed by atoms with Gasteiger partial charge in [0.1, 0.15) is 11.6 Å². The van der Waals surface area contributed by atoms with Crippen LogP contribution in [0.1, 0.15) is 28.4 Å². The van der Waals surface area contributed by atoms with E-state index in [4.69, 9.17) is 4.74 Å². The largest absolute Gasteiger partial charge is 0.497 e.